The number of esters is 1. The van der Waals surface area contributed by atoms with Crippen LogP contribution < -0.4 is 5.56 Å². The molecule has 0 aliphatic heterocycles. The number of hydrogen-bond acceptors (Lipinski definition) is 4. The Kier molecular flexibility index (Phi) is 4.64. The molecule has 5 nitrogen and oxygen atoms in total. The summed E-state index contributed by atoms with van der Waals surface area (Å²) in [6.07, 6.45) is 0. The van der Waals surface area contributed by atoms with Gasteiger partial charge >= 0.3 is 5.97 Å². The Hall–Kier alpha value is -2.95. The maximum Gasteiger partial charge on any atom is 0.359 e. The summed E-state index contributed by atoms with van der Waals surface area (Å²) < 4.78 is 6.59. The summed E-state index contributed by atoms with van der Waals surface area (Å²) in [6, 6.07) is 14.9. The Bertz CT molecular complexity index is 1010. The number of rotatable bonds is 3. The van der Waals surface area contributed by atoms with Crippen molar-refractivity contribution >= 4 is 16.7 Å². The number of aryl methyl sites for hydroxylation is 1. The number of nitrogens with zero attached hydrogens (tertiary/aromatic N) is 2. The van der Waals surface area contributed by atoms with Gasteiger partial charge in [0, 0.05) is 12.4 Å². The van der Waals surface area contributed by atoms with Gasteiger partial charge in [0.05, 0.1) is 5.39 Å². The molecule has 0 atom stereocenters. The lowest BCUT2D eigenvalue weighted by Crippen LogP contribution is -2.23. The molecule has 26 heavy (non-hydrogen) atoms. The fourth-order valence-electron chi connectivity index (χ4n) is 2.77. The number of hydrogen-bond donors (Lipinski definition) is 0. The summed E-state index contributed by atoms with van der Waals surface area (Å²) >= 11 is 0. The first-order chi connectivity index (χ1) is 12.3. The van der Waals surface area contributed by atoms with Crippen LogP contribution in [0.2, 0.25) is 0 Å². The van der Waals surface area contributed by atoms with E-state index in [0.717, 1.165) is 10.2 Å². The number of fused-ring (bicyclic) bond motifs is 1. The number of aromatic nitrogens is 2. The molecule has 0 bridgehead atoms. The molecule has 1 heterocycles. The van der Waals surface area contributed by atoms with Crippen molar-refractivity contribution in [3.8, 4) is 0 Å². The molecule has 1 aromatic heterocycles. The molecule has 3 rings (SSSR count). The van der Waals surface area contributed by atoms with Gasteiger partial charge in [-0.2, -0.15) is 5.10 Å². The van der Waals surface area contributed by atoms with E-state index in [0.29, 0.717) is 10.8 Å². The van der Waals surface area contributed by atoms with E-state index in [9.17, 15) is 9.59 Å². The van der Waals surface area contributed by atoms with Crippen LogP contribution >= 0.6 is 0 Å². The largest absolute Gasteiger partial charge is 0.456 e. The third-order valence-corrected chi connectivity index (χ3v) is 4.34. The molecule has 0 radical (unpaired) electrons. The summed E-state index contributed by atoms with van der Waals surface area (Å²) in [6.45, 7) is 6.61. The zero-order valence-corrected chi connectivity index (χ0v) is 15.4. The molecule has 134 valence electrons. The first kappa shape index (κ1) is 17.9. The van der Waals surface area contributed by atoms with E-state index in [-0.39, 0.29) is 23.3 Å². The van der Waals surface area contributed by atoms with Gasteiger partial charge in [-0.3, -0.25) is 4.79 Å². The Morgan fingerprint density at radius 2 is 1.65 bits per heavy atom. The molecular formula is C21H22N2O3. The van der Waals surface area contributed by atoms with Crippen molar-refractivity contribution in [2.75, 3.05) is 0 Å². The number of benzene rings is 2. The highest BCUT2D eigenvalue weighted by Crippen LogP contribution is 2.22. The predicted molar refractivity (Wildman–Crippen MR) is 101 cm³/mol. The SMILES string of the molecule is Cn1nc(C(=O)OCc2ccc(C(C)(C)C)cc2)c2ccccc2c1=O. The Balaban J connectivity index is 1.82. The van der Waals surface area contributed by atoms with E-state index in [4.69, 9.17) is 4.74 Å². The van der Waals surface area contributed by atoms with Crippen molar-refractivity contribution in [3.05, 3.63) is 75.7 Å². The van der Waals surface area contributed by atoms with Crippen molar-refractivity contribution in [1.82, 2.24) is 9.78 Å². The topological polar surface area (TPSA) is 61.2 Å². The maximum absolute atomic E-state index is 12.5. The molecular weight excluding hydrogens is 328 g/mol. The van der Waals surface area contributed by atoms with Crippen LogP contribution in [0.5, 0.6) is 0 Å². The minimum Gasteiger partial charge on any atom is -0.456 e. The van der Waals surface area contributed by atoms with E-state index in [1.807, 2.05) is 24.3 Å². The second-order valence-electron chi connectivity index (χ2n) is 7.35. The molecule has 0 aliphatic carbocycles. The molecule has 0 spiro atoms. The lowest BCUT2D eigenvalue weighted by molar-refractivity contribution is 0.0465. The van der Waals surface area contributed by atoms with E-state index < -0.39 is 5.97 Å². The van der Waals surface area contributed by atoms with Gasteiger partial charge in [-0.15, -0.1) is 0 Å². The summed E-state index contributed by atoms with van der Waals surface area (Å²) in [4.78, 5) is 24.7. The molecule has 0 fully saturated rings. The third kappa shape index (κ3) is 3.52. The summed E-state index contributed by atoms with van der Waals surface area (Å²) in [7, 11) is 1.52. The van der Waals surface area contributed by atoms with Gasteiger partial charge in [0.2, 0.25) is 0 Å². The zero-order valence-electron chi connectivity index (χ0n) is 15.4. The first-order valence-electron chi connectivity index (χ1n) is 8.50. The molecule has 0 amide bonds. The van der Waals surface area contributed by atoms with E-state index >= 15 is 0 Å². The number of carbonyl (C=O) groups is 1. The highest BCUT2D eigenvalue weighted by Gasteiger charge is 2.17. The van der Waals surface area contributed by atoms with Gasteiger partial charge in [-0.05, 0) is 22.6 Å². The van der Waals surface area contributed by atoms with Crippen molar-refractivity contribution in [2.45, 2.75) is 32.8 Å². The van der Waals surface area contributed by atoms with Gasteiger partial charge < -0.3 is 4.74 Å². The third-order valence-electron chi connectivity index (χ3n) is 4.34. The average Bonchev–Trinajstić information content (AvgIpc) is 2.62. The van der Waals surface area contributed by atoms with Gasteiger partial charge in [0.1, 0.15) is 6.61 Å². The van der Waals surface area contributed by atoms with Crippen molar-refractivity contribution in [2.24, 2.45) is 7.05 Å². The van der Waals surface area contributed by atoms with Gasteiger partial charge in [-0.1, -0.05) is 63.2 Å². The summed E-state index contributed by atoms with van der Waals surface area (Å²) in [5, 5.41) is 5.04. The van der Waals surface area contributed by atoms with Crippen LogP contribution in [0.15, 0.2) is 53.3 Å². The highest BCUT2D eigenvalue weighted by atomic mass is 16.5. The van der Waals surface area contributed by atoms with Crippen molar-refractivity contribution < 1.29 is 9.53 Å². The minimum atomic E-state index is -0.545. The van der Waals surface area contributed by atoms with Gasteiger partial charge in [-0.25, -0.2) is 9.48 Å². The van der Waals surface area contributed by atoms with Crippen LogP contribution in [0.25, 0.3) is 10.8 Å². The molecule has 0 N–H and O–H groups in total. The molecule has 0 aliphatic rings. The monoisotopic (exact) mass is 350 g/mol. The smallest absolute Gasteiger partial charge is 0.359 e. The zero-order chi connectivity index (χ0) is 18.9. The van der Waals surface area contributed by atoms with E-state index in [2.05, 4.69) is 25.9 Å². The maximum atomic E-state index is 12.5. The fraction of sp³-hybridized carbons (Fsp3) is 0.286. The second kappa shape index (κ2) is 6.75. The molecule has 0 saturated carbocycles. The minimum absolute atomic E-state index is 0.0763. The lowest BCUT2D eigenvalue weighted by Gasteiger charge is -2.19. The van der Waals surface area contributed by atoms with Crippen molar-refractivity contribution in [1.29, 1.82) is 0 Å². The first-order valence-corrected chi connectivity index (χ1v) is 8.50. The highest BCUT2D eigenvalue weighted by molar-refractivity contribution is 6.02. The number of ether oxygens (including phenoxy) is 1. The van der Waals surface area contributed by atoms with Gasteiger partial charge in [0.25, 0.3) is 5.56 Å². The van der Waals surface area contributed by atoms with Crippen LogP contribution in [0.3, 0.4) is 0 Å². The van der Waals surface area contributed by atoms with Crippen LogP contribution in [-0.4, -0.2) is 15.7 Å². The summed E-state index contributed by atoms with van der Waals surface area (Å²) in [5.41, 5.74) is 2.11. The molecule has 0 saturated heterocycles. The quantitative estimate of drug-likeness (QED) is 0.677. The molecule has 5 heteroatoms. The number of carbonyl (C=O) groups excluding carboxylic acids is 1. The molecule has 0 unspecified atom stereocenters. The normalized spacial score (nSPS) is 11.5. The van der Waals surface area contributed by atoms with Gasteiger partial charge in [0.15, 0.2) is 5.69 Å². The Labute approximate surface area is 152 Å². The van der Waals surface area contributed by atoms with Crippen LogP contribution in [0, 0.1) is 0 Å². The van der Waals surface area contributed by atoms with E-state index in [1.165, 1.54) is 12.6 Å². The van der Waals surface area contributed by atoms with Crippen LogP contribution in [0.4, 0.5) is 0 Å². The standard InChI is InChI=1S/C21H22N2O3/c1-21(2,3)15-11-9-14(10-12-15)13-26-20(25)18-16-7-5-6-8-17(16)19(24)23(4)22-18/h5-12H,13H2,1-4H3. The Morgan fingerprint density at radius 3 is 2.27 bits per heavy atom. The lowest BCUT2D eigenvalue weighted by atomic mass is 9.87. The summed E-state index contributed by atoms with van der Waals surface area (Å²) in [5.74, 6) is -0.545. The second-order valence-corrected chi connectivity index (χ2v) is 7.35. The van der Waals surface area contributed by atoms with Crippen molar-refractivity contribution in [3.63, 3.8) is 0 Å². The fourth-order valence-corrected chi connectivity index (χ4v) is 2.77. The van der Waals surface area contributed by atoms with E-state index in [1.54, 1.807) is 24.3 Å². The molecule has 2 aromatic carbocycles. The Morgan fingerprint density at radius 1 is 1.04 bits per heavy atom. The van der Waals surface area contributed by atoms with Crippen LogP contribution in [-0.2, 0) is 23.8 Å². The average molecular weight is 350 g/mol. The predicted octanol–water partition coefficient (Wildman–Crippen LogP) is 3.59. The molecule has 3 aromatic rings. The van der Waals surface area contributed by atoms with Crippen LogP contribution in [0.1, 0.15) is 42.4 Å².